The van der Waals surface area contributed by atoms with Crippen LogP contribution in [0.1, 0.15) is 18.2 Å². The predicted octanol–water partition coefficient (Wildman–Crippen LogP) is 5.78. The summed E-state index contributed by atoms with van der Waals surface area (Å²) >= 11 is 1.22. The van der Waals surface area contributed by atoms with Gasteiger partial charge in [-0.3, -0.25) is 0 Å². The number of aryl methyl sites for hydroxylation is 1. The monoisotopic (exact) mass is 405 g/mol. The third-order valence-corrected chi connectivity index (χ3v) is 4.89. The second-order valence-corrected chi connectivity index (χ2v) is 7.04. The molecule has 3 rings (SSSR count). The van der Waals surface area contributed by atoms with E-state index in [1.165, 1.54) is 28.5 Å². The molecule has 0 unspecified atom stereocenters. The summed E-state index contributed by atoms with van der Waals surface area (Å²) in [4.78, 5) is 0.391. The van der Waals surface area contributed by atoms with E-state index < -0.39 is 23.6 Å². The smallest absolute Gasteiger partial charge is 0.327 e. The Morgan fingerprint density at radius 1 is 0.963 bits per heavy atom. The summed E-state index contributed by atoms with van der Waals surface area (Å²) in [5, 5.41) is 7.04. The molecule has 0 saturated heterocycles. The van der Waals surface area contributed by atoms with Crippen molar-refractivity contribution in [2.75, 3.05) is 5.75 Å². The van der Waals surface area contributed by atoms with E-state index in [9.17, 15) is 26.3 Å². The molecule has 0 bridgehead atoms. The van der Waals surface area contributed by atoms with Crippen LogP contribution in [0.3, 0.4) is 0 Å². The van der Waals surface area contributed by atoms with E-state index in [1.807, 2.05) is 0 Å². The molecule has 2 aromatic heterocycles. The lowest BCUT2D eigenvalue weighted by Gasteiger charge is -2.13. The largest absolute Gasteiger partial charge is 0.435 e. The summed E-state index contributed by atoms with van der Waals surface area (Å²) in [5.74, 6) is 0.538. The molecule has 0 aliphatic carbocycles. The Morgan fingerprint density at radius 2 is 1.67 bits per heavy atom. The van der Waals surface area contributed by atoms with Crippen molar-refractivity contribution in [1.29, 1.82) is 0 Å². The molecule has 0 saturated carbocycles. The fourth-order valence-electron chi connectivity index (χ4n) is 2.71. The van der Waals surface area contributed by atoms with Gasteiger partial charge in [-0.25, -0.2) is 0 Å². The van der Waals surface area contributed by atoms with Crippen LogP contribution in [0.2, 0.25) is 0 Å². The number of nitrogens with zero attached hydrogens (tertiary/aromatic N) is 3. The highest BCUT2D eigenvalue weighted by Crippen LogP contribution is 2.39. The van der Waals surface area contributed by atoms with Crippen LogP contribution in [-0.4, -0.2) is 20.5 Å². The molecule has 144 valence electrons. The molecule has 0 aliphatic rings. The Kier molecular flexibility index (Phi) is 4.87. The van der Waals surface area contributed by atoms with Crippen LogP contribution in [0.15, 0.2) is 35.2 Å². The average molecular weight is 405 g/mol. The molecule has 10 heteroatoms. The van der Waals surface area contributed by atoms with E-state index in [-0.39, 0.29) is 11.0 Å². The maximum Gasteiger partial charge on any atom is 0.435 e. The summed E-state index contributed by atoms with van der Waals surface area (Å²) < 4.78 is 79.1. The van der Waals surface area contributed by atoms with Gasteiger partial charge in [-0.15, -0.1) is 22.0 Å². The molecule has 0 spiro atoms. The molecule has 0 atom stereocenters. The highest BCUT2D eigenvalue weighted by molar-refractivity contribution is 7.99. The number of fused-ring (bicyclic) bond motifs is 1. The van der Waals surface area contributed by atoms with E-state index in [1.54, 1.807) is 14.0 Å². The van der Waals surface area contributed by atoms with Gasteiger partial charge in [0.25, 0.3) is 0 Å². The zero-order valence-electron chi connectivity index (χ0n) is 14.1. The zero-order valence-corrected chi connectivity index (χ0v) is 14.9. The lowest BCUT2D eigenvalue weighted by atomic mass is 10.1. The topological polar surface area (TPSA) is 30.7 Å². The van der Waals surface area contributed by atoms with Gasteiger partial charge in [-0.2, -0.15) is 26.3 Å². The molecule has 0 aliphatic heterocycles. The van der Waals surface area contributed by atoms with Crippen LogP contribution < -0.4 is 0 Å². The Morgan fingerprint density at radius 3 is 2.26 bits per heavy atom. The molecule has 3 aromatic rings. The Hall–Kier alpha value is -2.23. The quantitative estimate of drug-likeness (QED) is 0.409. The third kappa shape index (κ3) is 3.76. The van der Waals surface area contributed by atoms with E-state index in [2.05, 4.69) is 10.2 Å². The number of aromatic nitrogens is 3. The van der Waals surface area contributed by atoms with Crippen LogP contribution in [0, 0.1) is 0 Å². The van der Waals surface area contributed by atoms with Gasteiger partial charge in [0.1, 0.15) is 0 Å². The van der Waals surface area contributed by atoms with Crippen molar-refractivity contribution in [3.63, 3.8) is 0 Å². The SMILES string of the molecule is CCSc1cc(C(F)(F)F)ccc1-c1cc2cc(C(F)(F)F)nnc2n1C. The summed E-state index contributed by atoms with van der Waals surface area (Å²) in [6.45, 7) is 1.80. The molecule has 0 radical (unpaired) electrons. The number of benzene rings is 1. The maximum absolute atomic E-state index is 13.0. The first-order valence-corrected chi connectivity index (χ1v) is 8.75. The molecule has 0 N–H and O–H groups in total. The Bertz CT molecular complexity index is 991. The van der Waals surface area contributed by atoms with Gasteiger partial charge in [0, 0.05) is 22.9 Å². The number of rotatable bonds is 3. The molecular formula is C17H13F6N3S. The lowest BCUT2D eigenvalue weighted by molar-refractivity contribution is -0.141. The summed E-state index contributed by atoms with van der Waals surface area (Å²) in [5.41, 5.74) is -0.736. The number of hydrogen-bond acceptors (Lipinski definition) is 3. The van der Waals surface area contributed by atoms with E-state index in [4.69, 9.17) is 0 Å². The van der Waals surface area contributed by atoms with Gasteiger partial charge in [0.15, 0.2) is 11.3 Å². The summed E-state index contributed by atoms with van der Waals surface area (Å²) in [6.07, 6.45) is -9.11. The second kappa shape index (κ2) is 6.74. The number of alkyl halides is 6. The Balaban J connectivity index is 2.18. The first kappa shape index (κ1) is 19.5. The van der Waals surface area contributed by atoms with Crippen molar-refractivity contribution in [3.8, 4) is 11.3 Å². The lowest BCUT2D eigenvalue weighted by Crippen LogP contribution is -2.09. The van der Waals surface area contributed by atoms with Gasteiger partial charge in [-0.1, -0.05) is 13.0 Å². The zero-order chi connectivity index (χ0) is 20.0. The molecule has 0 amide bonds. The number of hydrogen-bond donors (Lipinski definition) is 0. The fraction of sp³-hybridized carbons (Fsp3) is 0.294. The average Bonchev–Trinajstić information content (AvgIpc) is 2.90. The summed E-state index contributed by atoms with van der Waals surface area (Å²) in [6, 6.07) is 5.69. The number of thioether (sulfide) groups is 1. The second-order valence-electron chi connectivity index (χ2n) is 5.74. The minimum Gasteiger partial charge on any atom is -0.327 e. The first-order valence-electron chi connectivity index (χ1n) is 7.77. The van der Waals surface area contributed by atoms with Gasteiger partial charge >= 0.3 is 12.4 Å². The first-order chi connectivity index (χ1) is 12.5. The van der Waals surface area contributed by atoms with E-state index in [0.717, 1.165) is 18.2 Å². The molecule has 1 aromatic carbocycles. The van der Waals surface area contributed by atoms with Gasteiger partial charge < -0.3 is 4.57 Å². The van der Waals surface area contributed by atoms with Crippen LogP contribution >= 0.6 is 11.8 Å². The molecule has 0 fully saturated rings. The van der Waals surface area contributed by atoms with Crippen molar-refractivity contribution in [1.82, 2.24) is 14.8 Å². The van der Waals surface area contributed by atoms with Gasteiger partial charge in [0.2, 0.25) is 0 Å². The van der Waals surface area contributed by atoms with Crippen molar-refractivity contribution < 1.29 is 26.3 Å². The molecule has 27 heavy (non-hydrogen) atoms. The normalized spacial score (nSPS) is 12.7. The van der Waals surface area contributed by atoms with Crippen LogP contribution in [0.5, 0.6) is 0 Å². The van der Waals surface area contributed by atoms with Crippen molar-refractivity contribution >= 4 is 22.8 Å². The Labute approximate surface area is 154 Å². The highest BCUT2D eigenvalue weighted by Gasteiger charge is 2.34. The molecule has 2 heterocycles. The predicted molar refractivity (Wildman–Crippen MR) is 90.3 cm³/mol. The van der Waals surface area contributed by atoms with Crippen LogP contribution in [-0.2, 0) is 19.4 Å². The van der Waals surface area contributed by atoms with E-state index in [0.29, 0.717) is 21.9 Å². The standard InChI is InChI=1S/C17H13F6N3S/c1-3-27-13-8-10(16(18,19)20)4-5-11(13)12-6-9-7-14(17(21,22)23)24-25-15(9)26(12)2/h4-8H,3H2,1-2H3. The minimum atomic E-state index is -4.63. The van der Waals surface area contributed by atoms with Crippen molar-refractivity contribution in [2.24, 2.45) is 7.05 Å². The maximum atomic E-state index is 13.0. The van der Waals surface area contributed by atoms with Crippen LogP contribution in [0.25, 0.3) is 22.3 Å². The van der Waals surface area contributed by atoms with Gasteiger partial charge in [0.05, 0.1) is 11.3 Å². The summed E-state index contributed by atoms with van der Waals surface area (Å²) in [7, 11) is 1.58. The van der Waals surface area contributed by atoms with Crippen LogP contribution in [0.4, 0.5) is 26.3 Å². The van der Waals surface area contributed by atoms with Crippen molar-refractivity contribution in [3.05, 3.63) is 41.6 Å². The third-order valence-electron chi connectivity index (χ3n) is 3.95. The van der Waals surface area contributed by atoms with E-state index >= 15 is 0 Å². The molecular weight excluding hydrogens is 392 g/mol. The highest BCUT2D eigenvalue weighted by atomic mass is 32.2. The fourth-order valence-corrected chi connectivity index (χ4v) is 3.56. The van der Waals surface area contributed by atoms with Gasteiger partial charge in [-0.05, 0) is 30.0 Å². The minimum absolute atomic E-state index is 0.210. The van der Waals surface area contributed by atoms with Crippen molar-refractivity contribution in [2.45, 2.75) is 24.2 Å². The molecule has 3 nitrogen and oxygen atoms in total. The number of halogens is 6.